The quantitative estimate of drug-likeness (QED) is 0.345. The number of rotatable bonds is 4. The van der Waals surface area contributed by atoms with E-state index in [1.54, 1.807) is 19.0 Å². The van der Waals surface area contributed by atoms with Gasteiger partial charge < -0.3 is 20.8 Å². The van der Waals surface area contributed by atoms with Crippen molar-refractivity contribution in [2.75, 3.05) is 33.1 Å². The summed E-state index contributed by atoms with van der Waals surface area (Å²) >= 11 is 0. The van der Waals surface area contributed by atoms with Gasteiger partial charge in [0.05, 0.1) is 23.1 Å². The molecule has 2 saturated carbocycles. The standard InChI is InChI=1S/C24H27N3O8/c1-26(2)13-7-10(8-28)18(29)15-11(13)5-9-6-12-17(27(3)4)20(31)16(23(25)34)22(33)24(12,35)21(32)14(9)19(15)30/h7-9,12,14,16-17,29,35H,5-6H2,1-4H3,(H2,25,34)/t9-,12-,14?,16?,17?,24-/m0/s1. The molecule has 11 nitrogen and oxygen atoms in total. The molecule has 11 heteroatoms. The average Bonchev–Trinajstić information content (AvgIpc) is 2.75. The number of anilines is 1. The van der Waals surface area contributed by atoms with E-state index < -0.39 is 70.1 Å². The molecular formula is C24H27N3O8. The Labute approximate surface area is 200 Å². The van der Waals surface area contributed by atoms with Crippen molar-refractivity contribution in [2.24, 2.45) is 29.4 Å². The topological polar surface area (TPSA) is 175 Å². The summed E-state index contributed by atoms with van der Waals surface area (Å²) in [5, 5.41) is 22.2. The van der Waals surface area contributed by atoms with Crippen molar-refractivity contribution < 1.29 is 39.0 Å². The van der Waals surface area contributed by atoms with Crippen molar-refractivity contribution in [1.82, 2.24) is 4.90 Å². The van der Waals surface area contributed by atoms with Crippen LogP contribution in [0.15, 0.2) is 6.07 Å². The van der Waals surface area contributed by atoms with Gasteiger partial charge >= 0.3 is 0 Å². The Morgan fingerprint density at radius 1 is 1.14 bits per heavy atom. The van der Waals surface area contributed by atoms with Crippen LogP contribution in [0.4, 0.5) is 5.69 Å². The fourth-order valence-corrected chi connectivity index (χ4v) is 6.16. The van der Waals surface area contributed by atoms with Gasteiger partial charge in [-0.15, -0.1) is 0 Å². The second-order valence-electron chi connectivity index (χ2n) is 9.99. The maximum Gasteiger partial charge on any atom is 0.235 e. The molecule has 4 rings (SSSR count). The number of primary amides is 1. The fraction of sp³-hybridized carbons (Fsp3) is 0.500. The highest BCUT2D eigenvalue weighted by Gasteiger charge is 2.69. The molecule has 3 unspecified atom stereocenters. The molecule has 2 fully saturated rings. The predicted octanol–water partition coefficient (Wildman–Crippen LogP) is -1.25. The lowest BCUT2D eigenvalue weighted by Crippen LogP contribution is -2.74. The summed E-state index contributed by atoms with van der Waals surface area (Å²) in [5.41, 5.74) is 3.12. The summed E-state index contributed by atoms with van der Waals surface area (Å²) < 4.78 is 0. The first kappa shape index (κ1) is 24.7. The molecule has 3 aliphatic carbocycles. The summed E-state index contributed by atoms with van der Waals surface area (Å²) in [5.74, 6) is -11.3. The van der Waals surface area contributed by atoms with Crippen molar-refractivity contribution >= 4 is 41.0 Å². The van der Waals surface area contributed by atoms with Gasteiger partial charge in [0.1, 0.15) is 5.75 Å². The van der Waals surface area contributed by atoms with Gasteiger partial charge in [0.15, 0.2) is 40.9 Å². The number of amides is 1. The minimum Gasteiger partial charge on any atom is -0.506 e. The number of fused-ring (bicyclic) bond motifs is 3. The van der Waals surface area contributed by atoms with Gasteiger partial charge in [-0.1, -0.05) is 0 Å². The monoisotopic (exact) mass is 485 g/mol. The van der Waals surface area contributed by atoms with Gasteiger partial charge in [-0.3, -0.25) is 33.7 Å². The van der Waals surface area contributed by atoms with E-state index in [2.05, 4.69) is 0 Å². The Morgan fingerprint density at radius 2 is 1.77 bits per heavy atom. The third-order valence-corrected chi connectivity index (χ3v) is 7.68. The summed E-state index contributed by atoms with van der Waals surface area (Å²) in [7, 11) is 6.45. The number of likely N-dealkylation sites (N-methyl/N-ethyl adjacent to an activating group) is 1. The molecule has 0 aromatic heterocycles. The van der Waals surface area contributed by atoms with E-state index in [-0.39, 0.29) is 24.0 Å². The number of nitrogens with zero attached hydrogens (tertiary/aromatic N) is 2. The number of phenolic OH excluding ortho intramolecular Hbond substituents is 1. The zero-order valence-electron chi connectivity index (χ0n) is 19.8. The molecule has 35 heavy (non-hydrogen) atoms. The van der Waals surface area contributed by atoms with Gasteiger partial charge in [0.25, 0.3) is 0 Å². The molecular weight excluding hydrogens is 458 g/mol. The van der Waals surface area contributed by atoms with Crippen molar-refractivity contribution in [3.8, 4) is 5.75 Å². The number of hydrogen-bond acceptors (Lipinski definition) is 10. The van der Waals surface area contributed by atoms with E-state index in [4.69, 9.17) is 5.73 Å². The number of benzene rings is 1. The number of aldehydes is 1. The zero-order valence-corrected chi connectivity index (χ0v) is 19.8. The second-order valence-corrected chi connectivity index (χ2v) is 9.99. The maximum absolute atomic E-state index is 13.7. The molecule has 0 bridgehead atoms. The second kappa shape index (κ2) is 8.06. The number of aliphatic hydroxyl groups is 1. The minimum atomic E-state index is -2.78. The van der Waals surface area contributed by atoms with Crippen molar-refractivity contribution in [3.05, 3.63) is 22.8 Å². The third-order valence-electron chi connectivity index (χ3n) is 7.68. The Hall–Kier alpha value is -3.44. The summed E-state index contributed by atoms with van der Waals surface area (Å²) in [6.45, 7) is 0. The lowest BCUT2D eigenvalue weighted by atomic mass is 9.52. The highest BCUT2D eigenvalue weighted by Crippen LogP contribution is 2.52. The molecule has 186 valence electrons. The van der Waals surface area contributed by atoms with E-state index in [1.165, 1.54) is 25.1 Å². The molecule has 6 atom stereocenters. The number of carbonyl (C=O) groups excluding carboxylic acids is 6. The average molecular weight is 485 g/mol. The van der Waals surface area contributed by atoms with Crippen LogP contribution in [-0.2, 0) is 25.6 Å². The van der Waals surface area contributed by atoms with Gasteiger partial charge in [0.2, 0.25) is 5.91 Å². The zero-order chi connectivity index (χ0) is 26.1. The van der Waals surface area contributed by atoms with E-state index in [0.717, 1.165) is 0 Å². The molecule has 4 N–H and O–H groups in total. The Morgan fingerprint density at radius 3 is 2.29 bits per heavy atom. The van der Waals surface area contributed by atoms with E-state index in [0.29, 0.717) is 17.5 Å². The predicted molar refractivity (Wildman–Crippen MR) is 121 cm³/mol. The smallest absolute Gasteiger partial charge is 0.235 e. The summed E-state index contributed by atoms with van der Waals surface area (Å²) in [6, 6.07) is 0.291. The van der Waals surface area contributed by atoms with Crippen LogP contribution in [-0.4, -0.2) is 90.3 Å². The van der Waals surface area contributed by atoms with Crippen LogP contribution in [0.3, 0.4) is 0 Å². The number of ketones is 4. The van der Waals surface area contributed by atoms with E-state index in [9.17, 15) is 39.0 Å². The van der Waals surface area contributed by atoms with Crippen LogP contribution in [0, 0.1) is 23.7 Å². The Balaban J connectivity index is 1.92. The summed E-state index contributed by atoms with van der Waals surface area (Å²) in [6.07, 6.45) is 0.489. The first-order valence-corrected chi connectivity index (χ1v) is 11.1. The highest BCUT2D eigenvalue weighted by atomic mass is 16.3. The van der Waals surface area contributed by atoms with Crippen molar-refractivity contribution in [3.63, 3.8) is 0 Å². The third kappa shape index (κ3) is 3.18. The maximum atomic E-state index is 13.7. The first-order chi connectivity index (χ1) is 16.3. The van der Waals surface area contributed by atoms with Crippen molar-refractivity contribution in [1.29, 1.82) is 0 Å². The number of nitrogens with two attached hydrogens (primary N) is 1. The molecule has 0 spiro atoms. The molecule has 1 amide bonds. The van der Waals surface area contributed by atoms with Crippen LogP contribution in [0.25, 0.3) is 0 Å². The molecule has 1 aromatic carbocycles. The van der Waals surface area contributed by atoms with E-state index in [1.807, 2.05) is 0 Å². The van der Waals surface area contributed by atoms with Crippen LogP contribution in [0.1, 0.15) is 32.7 Å². The van der Waals surface area contributed by atoms with E-state index >= 15 is 0 Å². The van der Waals surface area contributed by atoms with Gasteiger partial charge in [-0.25, -0.2) is 0 Å². The molecule has 0 saturated heterocycles. The normalized spacial score (nSPS) is 32.1. The number of carbonyl (C=O) groups is 6. The Bertz CT molecular complexity index is 1210. The molecule has 3 aliphatic rings. The van der Waals surface area contributed by atoms with Gasteiger partial charge in [0, 0.05) is 25.7 Å². The van der Waals surface area contributed by atoms with Crippen LogP contribution in [0.2, 0.25) is 0 Å². The van der Waals surface area contributed by atoms with Crippen LogP contribution >= 0.6 is 0 Å². The lowest BCUT2D eigenvalue weighted by molar-refractivity contribution is -0.181. The first-order valence-electron chi connectivity index (χ1n) is 11.1. The van der Waals surface area contributed by atoms with Crippen molar-refractivity contribution in [2.45, 2.75) is 24.5 Å². The van der Waals surface area contributed by atoms with Crippen LogP contribution < -0.4 is 10.6 Å². The highest BCUT2D eigenvalue weighted by molar-refractivity contribution is 6.32. The summed E-state index contributed by atoms with van der Waals surface area (Å²) in [4.78, 5) is 80.3. The molecule has 0 aliphatic heterocycles. The molecule has 1 aromatic rings. The molecule has 0 heterocycles. The van der Waals surface area contributed by atoms with Gasteiger partial charge in [-0.05, 0) is 44.5 Å². The Kier molecular flexibility index (Phi) is 5.68. The van der Waals surface area contributed by atoms with Gasteiger partial charge in [-0.2, -0.15) is 0 Å². The minimum absolute atomic E-state index is 0.0348. The SMILES string of the molecule is CN(C)c1cc(C=O)c(O)c2c1C[C@H]1C[C@H]3C(N(C)C)C(=O)C(C(N)=O)C(=O)[C@@]3(O)C(=O)C1C2=O. The van der Waals surface area contributed by atoms with Crippen LogP contribution in [0.5, 0.6) is 5.75 Å². The fourth-order valence-electron chi connectivity index (χ4n) is 6.16. The molecule has 0 radical (unpaired) electrons. The number of phenols is 1. The number of aromatic hydroxyl groups is 1. The lowest BCUT2D eigenvalue weighted by Gasteiger charge is -2.52. The largest absolute Gasteiger partial charge is 0.506 e. The number of hydrogen-bond donors (Lipinski definition) is 3. The number of Topliss-reactive ketones (excluding diaryl/α,β-unsaturated/α-hetero) is 4.